The third kappa shape index (κ3) is 2.83. The molecule has 0 aliphatic carbocycles. The van der Waals surface area contributed by atoms with E-state index in [1.165, 1.54) is 5.56 Å². The molecule has 1 unspecified atom stereocenters. The van der Waals surface area contributed by atoms with E-state index in [0.29, 0.717) is 5.92 Å². The van der Waals surface area contributed by atoms with Crippen LogP contribution in [0.5, 0.6) is 0 Å². The van der Waals surface area contributed by atoms with Gasteiger partial charge < -0.3 is 11.5 Å². The second-order valence-electron chi connectivity index (χ2n) is 4.86. The summed E-state index contributed by atoms with van der Waals surface area (Å²) in [4.78, 5) is 11.2. The van der Waals surface area contributed by atoms with Crippen LogP contribution < -0.4 is 11.5 Å². The Morgan fingerprint density at radius 3 is 2.19 bits per heavy atom. The molecule has 0 aliphatic rings. The van der Waals surface area contributed by atoms with Gasteiger partial charge in [0.2, 0.25) is 5.91 Å². The van der Waals surface area contributed by atoms with Gasteiger partial charge in [-0.05, 0) is 30.4 Å². The number of carbonyl (C=O) groups is 1. The molecule has 4 N–H and O–H groups in total. The van der Waals surface area contributed by atoms with Gasteiger partial charge in [-0.15, -0.1) is 0 Å². The van der Waals surface area contributed by atoms with Crippen LogP contribution in [0.15, 0.2) is 24.3 Å². The average Bonchev–Trinajstić information content (AvgIpc) is 2.17. The topological polar surface area (TPSA) is 69.1 Å². The number of amides is 1. The van der Waals surface area contributed by atoms with Crippen LogP contribution in [0.2, 0.25) is 0 Å². The second kappa shape index (κ2) is 4.66. The lowest BCUT2D eigenvalue weighted by atomic mass is 9.91. The maximum Gasteiger partial charge on any atom is 0.241 e. The lowest BCUT2D eigenvalue weighted by Crippen LogP contribution is -2.46. The quantitative estimate of drug-likeness (QED) is 0.808. The minimum absolute atomic E-state index is 0.510. The van der Waals surface area contributed by atoms with Gasteiger partial charge in [0, 0.05) is 0 Å². The zero-order chi connectivity index (χ0) is 12.3. The van der Waals surface area contributed by atoms with Gasteiger partial charge in [-0.3, -0.25) is 4.79 Å². The Bertz CT molecular complexity index is 366. The number of hydrogen-bond acceptors (Lipinski definition) is 2. The maximum atomic E-state index is 11.2. The summed E-state index contributed by atoms with van der Waals surface area (Å²) in [7, 11) is 0. The van der Waals surface area contributed by atoms with Gasteiger partial charge in [-0.2, -0.15) is 0 Å². The van der Waals surface area contributed by atoms with Crippen molar-refractivity contribution in [1.82, 2.24) is 0 Å². The van der Waals surface area contributed by atoms with Crippen molar-refractivity contribution < 1.29 is 4.79 Å². The fraction of sp³-hybridized carbons (Fsp3) is 0.462. The minimum Gasteiger partial charge on any atom is -0.368 e. The number of hydrogen-bond donors (Lipinski definition) is 2. The molecule has 0 bridgehead atoms. The largest absolute Gasteiger partial charge is 0.368 e. The summed E-state index contributed by atoms with van der Waals surface area (Å²) >= 11 is 0. The number of benzene rings is 1. The predicted octanol–water partition coefficient (Wildman–Crippen LogP) is 1.54. The molecule has 1 aromatic carbocycles. The number of rotatable bonds is 4. The minimum atomic E-state index is -1.09. The monoisotopic (exact) mass is 220 g/mol. The van der Waals surface area contributed by atoms with Crippen LogP contribution in [0.1, 0.15) is 31.9 Å². The Hall–Kier alpha value is -1.35. The fourth-order valence-electron chi connectivity index (χ4n) is 1.60. The Labute approximate surface area is 96.8 Å². The number of primary amides is 1. The molecule has 3 nitrogen and oxygen atoms in total. The Kier molecular flexibility index (Phi) is 3.70. The summed E-state index contributed by atoms with van der Waals surface area (Å²) in [5, 5.41) is 0. The Morgan fingerprint density at radius 2 is 1.81 bits per heavy atom. The summed E-state index contributed by atoms with van der Waals surface area (Å²) in [6.07, 6.45) is 1.03. The van der Waals surface area contributed by atoms with E-state index in [1.807, 2.05) is 24.3 Å². The van der Waals surface area contributed by atoms with Crippen molar-refractivity contribution in [3.05, 3.63) is 35.4 Å². The fourth-order valence-corrected chi connectivity index (χ4v) is 1.60. The molecule has 0 radical (unpaired) electrons. The molecule has 16 heavy (non-hydrogen) atoms. The molecule has 0 aliphatic heterocycles. The molecule has 0 saturated carbocycles. The lowest BCUT2D eigenvalue weighted by Gasteiger charge is -2.21. The van der Waals surface area contributed by atoms with Gasteiger partial charge in [0.05, 0.1) is 0 Å². The van der Waals surface area contributed by atoms with Gasteiger partial charge >= 0.3 is 0 Å². The summed E-state index contributed by atoms with van der Waals surface area (Å²) in [6, 6.07) is 7.76. The standard InChI is InChI=1S/C13H20N2O/c1-9(2)8-10-4-6-11(7-5-10)13(3,15)12(14)16/h4-7,9H,8,15H2,1-3H3,(H2,14,16). The second-order valence-corrected chi connectivity index (χ2v) is 4.86. The molecule has 1 rings (SSSR count). The first-order valence-corrected chi connectivity index (χ1v) is 5.52. The molecular weight excluding hydrogens is 200 g/mol. The van der Waals surface area contributed by atoms with Crippen molar-refractivity contribution in [1.29, 1.82) is 0 Å². The molecule has 0 aromatic heterocycles. The normalized spacial score (nSPS) is 14.8. The molecule has 1 amide bonds. The van der Waals surface area contributed by atoms with Crippen LogP contribution in [-0.2, 0) is 16.8 Å². The summed E-state index contributed by atoms with van der Waals surface area (Å²) in [5.41, 5.74) is 12.0. The lowest BCUT2D eigenvalue weighted by molar-refractivity contribution is -0.122. The summed E-state index contributed by atoms with van der Waals surface area (Å²) < 4.78 is 0. The highest BCUT2D eigenvalue weighted by molar-refractivity contribution is 5.85. The molecule has 88 valence electrons. The van der Waals surface area contributed by atoms with E-state index in [2.05, 4.69) is 13.8 Å². The van der Waals surface area contributed by atoms with Crippen LogP contribution in [0.4, 0.5) is 0 Å². The van der Waals surface area contributed by atoms with Gasteiger partial charge in [0.1, 0.15) is 5.54 Å². The summed E-state index contributed by atoms with van der Waals surface area (Å²) in [6.45, 7) is 5.97. The van der Waals surface area contributed by atoms with Gasteiger partial charge in [-0.25, -0.2) is 0 Å². The van der Waals surface area contributed by atoms with Crippen molar-refractivity contribution in [2.45, 2.75) is 32.7 Å². The van der Waals surface area contributed by atoms with E-state index < -0.39 is 11.4 Å². The van der Waals surface area contributed by atoms with Crippen LogP contribution in [0.3, 0.4) is 0 Å². The molecule has 0 spiro atoms. The van der Waals surface area contributed by atoms with E-state index in [0.717, 1.165) is 12.0 Å². The van der Waals surface area contributed by atoms with Crippen molar-refractivity contribution in [3.63, 3.8) is 0 Å². The Morgan fingerprint density at radius 1 is 1.31 bits per heavy atom. The SMILES string of the molecule is CC(C)Cc1ccc(C(C)(N)C(N)=O)cc1. The average molecular weight is 220 g/mol. The van der Waals surface area contributed by atoms with Gasteiger partial charge in [0.25, 0.3) is 0 Å². The molecule has 3 heteroatoms. The first-order valence-electron chi connectivity index (χ1n) is 5.52. The molecule has 0 fully saturated rings. The van der Waals surface area contributed by atoms with Gasteiger partial charge in [0.15, 0.2) is 0 Å². The highest BCUT2D eigenvalue weighted by Crippen LogP contribution is 2.18. The zero-order valence-electron chi connectivity index (χ0n) is 10.2. The third-order valence-electron chi connectivity index (χ3n) is 2.71. The number of carbonyl (C=O) groups excluding carboxylic acids is 1. The predicted molar refractivity (Wildman–Crippen MR) is 65.7 cm³/mol. The molecular formula is C13H20N2O. The van der Waals surface area contributed by atoms with E-state index in [4.69, 9.17) is 11.5 Å². The van der Waals surface area contributed by atoms with E-state index >= 15 is 0 Å². The summed E-state index contributed by atoms with van der Waals surface area (Å²) in [5.74, 6) is 0.107. The zero-order valence-corrected chi connectivity index (χ0v) is 10.2. The van der Waals surface area contributed by atoms with E-state index in [-0.39, 0.29) is 0 Å². The van der Waals surface area contributed by atoms with E-state index in [1.54, 1.807) is 6.92 Å². The van der Waals surface area contributed by atoms with Crippen LogP contribution in [0, 0.1) is 5.92 Å². The third-order valence-corrected chi connectivity index (χ3v) is 2.71. The highest BCUT2D eigenvalue weighted by atomic mass is 16.1. The molecule has 0 saturated heterocycles. The van der Waals surface area contributed by atoms with E-state index in [9.17, 15) is 4.79 Å². The molecule has 0 heterocycles. The van der Waals surface area contributed by atoms with Crippen LogP contribution >= 0.6 is 0 Å². The van der Waals surface area contributed by atoms with Crippen LogP contribution in [-0.4, -0.2) is 5.91 Å². The van der Waals surface area contributed by atoms with Crippen molar-refractivity contribution in [2.75, 3.05) is 0 Å². The maximum absolute atomic E-state index is 11.2. The Balaban J connectivity index is 2.91. The van der Waals surface area contributed by atoms with Crippen LogP contribution in [0.25, 0.3) is 0 Å². The van der Waals surface area contributed by atoms with Crippen molar-refractivity contribution in [3.8, 4) is 0 Å². The molecule has 1 atom stereocenters. The smallest absolute Gasteiger partial charge is 0.241 e. The molecule has 1 aromatic rings. The number of nitrogens with two attached hydrogens (primary N) is 2. The first-order chi connectivity index (χ1) is 7.34. The van der Waals surface area contributed by atoms with Crippen molar-refractivity contribution >= 4 is 5.91 Å². The van der Waals surface area contributed by atoms with Crippen molar-refractivity contribution in [2.24, 2.45) is 17.4 Å². The highest BCUT2D eigenvalue weighted by Gasteiger charge is 2.27. The van der Waals surface area contributed by atoms with Gasteiger partial charge in [-0.1, -0.05) is 38.1 Å². The first kappa shape index (κ1) is 12.7.